The number of unbranched alkanes of at least 4 members (excludes halogenated alkanes) is 1. The topological polar surface area (TPSA) is 75.7 Å². The van der Waals surface area contributed by atoms with Crippen LogP contribution < -0.4 is 10.1 Å². The summed E-state index contributed by atoms with van der Waals surface area (Å²) in [6, 6.07) is 14.4. The van der Waals surface area contributed by atoms with Gasteiger partial charge in [0.25, 0.3) is 15.9 Å². The lowest BCUT2D eigenvalue weighted by Gasteiger charge is -2.16. The third kappa shape index (κ3) is 4.62. The van der Waals surface area contributed by atoms with Gasteiger partial charge in [-0.05, 0) is 29.7 Å². The minimum Gasteiger partial charge on any atom is -0.435 e. The van der Waals surface area contributed by atoms with Gasteiger partial charge in [-0.1, -0.05) is 55.8 Å². The predicted molar refractivity (Wildman–Crippen MR) is 109 cm³/mol. The Hall–Kier alpha value is -2.94. The summed E-state index contributed by atoms with van der Waals surface area (Å²) in [5, 5.41) is 2.94. The van der Waals surface area contributed by atoms with Gasteiger partial charge in [0, 0.05) is 13.1 Å². The molecule has 6 nitrogen and oxygen atoms in total. The molecule has 1 heterocycles. The zero-order valence-electron chi connectivity index (χ0n) is 16.3. The first-order valence-electron chi connectivity index (χ1n) is 9.49. The van der Waals surface area contributed by atoms with Crippen LogP contribution in [-0.4, -0.2) is 31.8 Å². The molecule has 30 heavy (non-hydrogen) atoms. The normalized spacial score (nSPS) is 15.7. The fourth-order valence-electron chi connectivity index (χ4n) is 3.11. The van der Waals surface area contributed by atoms with Gasteiger partial charge in [0.15, 0.2) is 0 Å². The second kappa shape index (κ2) is 9.25. The molecule has 0 unspecified atom stereocenters. The van der Waals surface area contributed by atoms with E-state index in [4.69, 9.17) is 0 Å². The first-order valence-corrected chi connectivity index (χ1v) is 10.9. The van der Waals surface area contributed by atoms with Crippen LogP contribution in [0.4, 0.5) is 8.78 Å². The van der Waals surface area contributed by atoms with E-state index in [-0.39, 0.29) is 29.4 Å². The molecular formula is C21H22F2N2O4S. The molecule has 1 N–H and O–H groups in total. The lowest BCUT2D eigenvalue weighted by molar-refractivity contribution is -0.122. The van der Waals surface area contributed by atoms with E-state index in [2.05, 4.69) is 10.1 Å². The summed E-state index contributed by atoms with van der Waals surface area (Å²) in [6.07, 6.45) is 1.31. The summed E-state index contributed by atoms with van der Waals surface area (Å²) in [6.45, 7) is -0.746. The molecule has 0 spiro atoms. The number of ether oxygens (including phenoxy) is 1. The van der Waals surface area contributed by atoms with E-state index in [1.54, 1.807) is 42.5 Å². The molecule has 0 saturated carbocycles. The van der Waals surface area contributed by atoms with Gasteiger partial charge >= 0.3 is 6.61 Å². The van der Waals surface area contributed by atoms with Gasteiger partial charge in [-0.25, -0.2) is 12.7 Å². The molecule has 3 rings (SSSR count). The van der Waals surface area contributed by atoms with Crippen molar-refractivity contribution in [3.8, 4) is 5.75 Å². The Bertz CT molecular complexity index is 1020. The van der Waals surface area contributed by atoms with Crippen molar-refractivity contribution in [1.82, 2.24) is 9.62 Å². The molecule has 2 aromatic rings. The highest BCUT2D eigenvalue weighted by atomic mass is 32.2. The van der Waals surface area contributed by atoms with E-state index < -0.39 is 22.5 Å². The number of alkyl halides is 2. The van der Waals surface area contributed by atoms with Crippen molar-refractivity contribution in [3.05, 3.63) is 71.4 Å². The van der Waals surface area contributed by atoms with Gasteiger partial charge in [-0.2, -0.15) is 8.78 Å². The van der Waals surface area contributed by atoms with Crippen molar-refractivity contribution in [1.29, 1.82) is 0 Å². The Morgan fingerprint density at radius 1 is 1.07 bits per heavy atom. The predicted octanol–water partition coefficient (Wildman–Crippen LogP) is 3.72. The molecule has 0 aromatic heterocycles. The number of amides is 1. The standard InChI is InChI=1S/C21H22F2N2O4S/c1-2-3-13-25-20(26)18(19(30(25,27)28)16-7-5-4-6-8-16)24-14-15-9-11-17(12-10-15)29-21(22)23/h4-12,21,24H,2-3,13-14H2,1H3. The average Bonchev–Trinajstić information content (AvgIpc) is 2.90. The molecule has 0 radical (unpaired) electrons. The molecule has 0 fully saturated rings. The van der Waals surface area contributed by atoms with E-state index in [0.717, 1.165) is 10.7 Å². The van der Waals surface area contributed by atoms with Gasteiger partial charge < -0.3 is 10.1 Å². The zero-order valence-corrected chi connectivity index (χ0v) is 17.2. The van der Waals surface area contributed by atoms with E-state index in [1.807, 2.05) is 6.92 Å². The number of rotatable bonds is 9. The summed E-state index contributed by atoms with van der Waals surface area (Å²) in [5.74, 6) is -0.580. The summed E-state index contributed by atoms with van der Waals surface area (Å²) < 4.78 is 56.0. The van der Waals surface area contributed by atoms with Crippen LogP contribution >= 0.6 is 0 Å². The second-order valence-electron chi connectivity index (χ2n) is 6.68. The number of hydrogen-bond acceptors (Lipinski definition) is 5. The minimum atomic E-state index is -3.98. The summed E-state index contributed by atoms with van der Waals surface area (Å²) in [5.41, 5.74) is 1.10. The summed E-state index contributed by atoms with van der Waals surface area (Å²) >= 11 is 0. The zero-order chi connectivity index (χ0) is 21.7. The van der Waals surface area contributed by atoms with Crippen LogP contribution in [0.3, 0.4) is 0 Å². The number of carbonyl (C=O) groups is 1. The maximum Gasteiger partial charge on any atom is 0.387 e. The monoisotopic (exact) mass is 436 g/mol. The smallest absolute Gasteiger partial charge is 0.387 e. The molecule has 0 aliphatic carbocycles. The quantitative estimate of drug-likeness (QED) is 0.649. The van der Waals surface area contributed by atoms with Crippen molar-refractivity contribution in [2.45, 2.75) is 32.9 Å². The number of nitrogens with zero attached hydrogens (tertiary/aromatic N) is 1. The highest BCUT2D eigenvalue weighted by Crippen LogP contribution is 2.34. The number of benzene rings is 2. The Morgan fingerprint density at radius 2 is 1.73 bits per heavy atom. The highest BCUT2D eigenvalue weighted by molar-refractivity contribution is 7.99. The SMILES string of the molecule is CCCCN1C(=O)C(NCc2ccc(OC(F)F)cc2)=C(c2ccccc2)S1(=O)=O. The molecule has 2 aromatic carbocycles. The van der Waals surface area contributed by atoms with Crippen molar-refractivity contribution in [3.63, 3.8) is 0 Å². The lowest BCUT2D eigenvalue weighted by atomic mass is 10.1. The van der Waals surface area contributed by atoms with Crippen LogP contribution in [0.25, 0.3) is 4.91 Å². The molecule has 9 heteroatoms. The molecular weight excluding hydrogens is 414 g/mol. The maximum absolute atomic E-state index is 13.1. The Kier molecular flexibility index (Phi) is 6.71. The van der Waals surface area contributed by atoms with Gasteiger partial charge in [0.05, 0.1) is 0 Å². The maximum atomic E-state index is 13.1. The van der Waals surface area contributed by atoms with Crippen molar-refractivity contribution < 1.29 is 26.7 Å². The van der Waals surface area contributed by atoms with Gasteiger partial charge in [0.2, 0.25) is 0 Å². The number of sulfonamides is 1. The fourth-order valence-corrected chi connectivity index (χ4v) is 4.86. The first kappa shape index (κ1) is 21.8. The molecule has 160 valence electrons. The third-order valence-electron chi connectivity index (χ3n) is 4.58. The molecule has 1 amide bonds. The number of carbonyl (C=O) groups excluding carboxylic acids is 1. The van der Waals surface area contributed by atoms with E-state index in [0.29, 0.717) is 17.5 Å². The Balaban J connectivity index is 1.89. The minimum absolute atomic E-state index is 0.00482. The van der Waals surface area contributed by atoms with Crippen LogP contribution in [0.1, 0.15) is 30.9 Å². The van der Waals surface area contributed by atoms with Crippen LogP contribution in [-0.2, 0) is 21.4 Å². The van der Waals surface area contributed by atoms with E-state index in [1.165, 1.54) is 12.1 Å². The Labute approximate surface area is 174 Å². The molecule has 0 bridgehead atoms. The van der Waals surface area contributed by atoms with Gasteiger partial charge in [-0.3, -0.25) is 4.79 Å². The van der Waals surface area contributed by atoms with Crippen LogP contribution in [0.5, 0.6) is 5.75 Å². The Morgan fingerprint density at radius 3 is 2.33 bits per heavy atom. The van der Waals surface area contributed by atoms with Crippen LogP contribution in [0, 0.1) is 0 Å². The number of hydrogen-bond donors (Lipinski definition) is 1. The first-order chi connectivity index (χ1) is 14.3. The van der Waals surface area contributed by atoms with Gasteiger partial charge in [-0.15, -0.1) is 0 Å². The molecule has 0 saturated heterocycles. The molecule has 1 aliphatic heterocycles. The molecule has 0 atom stereocenters. The largest absolute Gasteiger partial charge is 0.435 e. The van der Waals surface area contributed by atoms with E-state index in [9.17, 15) is 22.0 Å². The summed E-state index contributed by atoms with van der Waals surface area (Å²) in [4.78, 5) is 12.9. The number of nitrogens with one attached hydrogen (secondary N) is 1. The second-order valence-corrected chi connectivity index (χ2v) is 8.48. The van der Waals surface area contributed by atoms with Crippen LogP contribution in [0.2, 0.25) is 0 Å². The van der Waals surface area contributed by atoms with Crippen molar-refractivity contribution in [2.75, 3.05) is 6.54 Å². The van der Waals surface area contributed by atoms with Crippen LogP contribution in [0.15, 0.2) is 60.3 Å². The van der Waals surface area contributed by atoms with Crippen molar-refractivity contribution >= 4 is 20.8 Å². The third-order valence-corrected chi connectivity index (χ3v) is 6.47. The van der Waals surface area contributed by atoms with Gasteiger partial charge in [0.1, 0.15) is 16.4 Å². The average molecular weight is 436 g/mol. The number of halogens is 2. The lowest BCUT2D eigenvalue weighted by Crippen LogP contribution is -2.34. The van der Waals surface area contributed by atoms with E-state index >= 15 is 0 Å². The highest BCUT2D eigenvalue weighted by Gasteiger charge is 2.43. The summed E-state index contributed by atoms with van der Waals surface area (Å²) in [7, 11) is -3.98. The van der Waals surface area contributed by atoms with Crippen molar-refractivity contribution in [2.24, 2.45) is 0 Å². The fraction of sp³-hybridized carbons (Fsp3) is 0.286. The molecule has 1 aliphatic rings.